The maximum absolute atomic E-state index is 6.10. The van der Waals surface area contributed by atoms with Crippen LogP contribution in [0.3, 0.4) is 0 Å². The quantitative estimate of drug-likeness (QED) is 0.765. The summed E-state index contributed by atoms with van der Waals surface area (Å²) in [6.45, 7) is 9.16. The van der Waals surface area contributed by atoms with Crippen molar-refractivity contribution in [3.8, 4) is 0 Å². The Kier molecular flexibility index (Phi) is 3.57. The molecule has 3 atom stereocenters. The van der Waals surface area contributed by atoms with Gasteiger partial charge in [0, 0.05) is 31.2 Å². The molecule has 2 saturated heterocycles. The molecule has 0 saturated carbocycles. The van der Waals surface area contributed by atoms with E-state index in [0.29, 0.717) is 6.04 Å². The molecule has 3 nitrogen and oxygen atoms in total. The summed E-state index contributed by atoms with van der Waals surface area (Å²) >= 11 is 0. The van der Waals surface area contributed by atoms with Gasteiger partial charge in [-0.2, -0.15) is 0 Å². The van der Waals surface area contributed by atoms with Gasteiger partial charge in [0.15, 0.2) is 0 Å². The average molecular weight is 225 g/mol. The van der Waals surface area contributed by atoms with E-state index in [1.54, 1.807) is 0 Å². The van der Waals surface area contributed by atoms with Gasteiger partial charge in [-0.1, -0.05) is 6.92 Å². The third kappa shape index (κ3) is 2.13. The molecule has 2 fully saturated rings. The molecule has 0 amide bonds. The lowest BCUT2D eigenvalue weighted by Crippen LogP contribution is -2.58. The first-order valence-corrected chi connectivity index (χ1v) is 6.73. The maximum Gasteiger partial charge on any atom is 0.0473 e. The van der Waals surface area contributed by atoms with E-state index in [2.05, 4.69) is 30.7 Å². The molecule has 0 radical (unpaired) electrons. The Morgan fingerprint density at radius 1 is 1.38 bits per heavy atom. The van der Waals surface area contributed by atoms with Gasteiger partial charge in [0.05, 0.1) is 0 Å². The van der Waals surface area contributed by atoms with Gasteiger partial charge in [-0.3, -0.25) is 4.90 Å². The van der Waals surface area contributed by atoms with Crippen LogP contribution in [0.15, 0.2) is 0 Å². The second kappa shape index (κ2) is 4.63. The van der Waals surface area contributed by atoms with Crippen LogP contribution >= 0.6 is 0 Å². The largest absolute Gasteiger partial charge is 0.329 e. The van der Waals surface area contributed by atoms with Gasteiger partial charge in [-0.05, 0) is 45.7 Å². The first-order chi connectivity index (χ1) is 7.57. The summed E-state index contributed by atoms with van der Waals surface area (Å²) in [5, 5.41) is 0. The molecule has 3 unspecified atom stereocenters. The third-order valence-electron chi connectivity index (χ3n) is 4.68. The molecular formula is C13H27N3. The van der Waals surface area contributed by atoms with Gasteiger partial charge in [0.2, 0.25) is 0 Å². The lowest BCUT2D eigenvalue weighted by atomic mass is 9.89. The fourth-order valence-corrected chi connectivity index (χ4v) is 3.52. The lowest BCUT2D eigenvalue weighted by Gasteiger charge is -2.44. The molecule has 3 heteroatoms. The Morgan fingerprint density at radius 2 is 2.12 bits per heavy atom. The number of likely N-dealkylation sites (N-methyl/N-ethyl adjacent to an activating group) is 1. The summed E-state index contributed by atoms with van der Waals surface area (Å²) in [5.41, 5.74) is 6.37. The number of rotatable bonds is 2. The van der Waals surface area contributed by atoms with Crippen molar-refractivity contribution >= 4 is 0 Å². The van der Waals surface area contributed by atoms with Crippen molar-refractivity contribution in [2.75, 3.05) is 33.2 Å². The van der Waals surface area contributed by atoms with Crippen molar-refractivity contribution in [2.24, 2.45) is 11.7 Å². The van der Waals surface area contributed by atoms with Crippen molar-refractivity contribution in [3.63, 3.8) is 0 Å². The molecule has 2 aliphatic heterocycles. The predicted molar refractivity (Wildman–Crippen MR) is 68.5 cm³/mol. The van der Waals surface area contributed by atoms with Crippen LogP contribution in [0.1, 0.15) is 33.1 Å². The van der Waals surface area contributed by atoms with Crippen molar-refractivity contribution in [2.45, 2.75) is 44.7 Å². The van der Waals surface area contributed by atoms with Crippen molar-refractivity contribution < 1.29 is 0 Å². The summed E-state index contributed by atoms with van der Waals surface area (Å²) < 4.78 is 0. The van der Waals surface area contributed by atoms with E-state index in [1.165, 1.54) is 32.4 Å². The van der Waals surface area contributed by atoms with E-state index < -0.39 is 0 Å². The van der Waals surface area contributed by atoms with Crippen LogP contribution in [0.2, 0.25) is 0 Å². The monoisotopic (exact) mass is 225 g/mol. The zero-order chi connectivity index (χ0) is 11.8. The van der Waals surface area contributed by atoms with E-state index in [0.717, 1.165) is 19.0 Å². The van der Waals surface area contributed by atoms with Gasteiger partial charge < -0.3 is 10.6 Å². The lowest BCUT2D eigenvalue weighted by molar-refractivity contribution is 0.0582. The normalized spacial score (nSPS) is 42.8. The summed E-state index contributed by atoms with van der Waals surface area (Å²) in [7, 11) is 2.23. The van der Waals surface area contributed by atoms with Crippen LogP contribution in [-0.4, -0.2) is 54.6 Å². The topological polar surface area (TPSA) is 32.5 Å². The highest BCUT2D eigenvalue weighted by Gasteiger charge is 2.44. The number of hydrogen-bond donors (Lipinski definition) is 1. The Bertz CT molecular complexity index is 231. The molecule has 2 aliphatic rings. The van der Waals surface area contributed by atoms with Gasteiger partial charge in [0.1, 0.15) is 0 Å². The molecule has 0 aromatic heterocycles. The second-order valence-corrected chi connectivity index (χ2v) is 6.09. The van der Waals surface area contributed by atoms with E-state index in [9.17, 15) is 0 Å². The van der Waals surface area contributed by atoms with Crippen molar-refractivity contribution in [1.29, 1.82) is 0 Å². The highest BCUT2D eigenvalue weighted by Crippen LogP contribution is 2.33. The predicted octanol–water partition coefficient (Wildman–Crippen LogP) is 1.14. The minimum absolute atomic E-state index is 0.267. The van der Waals surface area contributed by atoms with Crippen LogP contribution in [-0.2, 0) is 0 Å². The number of likely N-dealkylation sites (tertiary alicyclic amines) is 2. The first kappa shape index (κ1) is 12.3. The molecular weight excluding hydrogens is 198 g/mol. The molecule has 94 valence electrons. The highest BCUT2D eigenvalue weighted by atomic mass is 15.3. The summed E-state index contributed by atoms with van der Waals surface area (Å²) in [6.07, 6.45) is 3.98. The number of hydrogen-bond acceptors (Lipinski definition) is 3. The van der Waals surface area contributed by atoms with Crippen LogP contribution in [0.4, 0.5) is 0 Å². The summed E-state index contributed by atoms with van der Waals surface area (Å²) in [4.78, 5) is 5.15. The number of nitrogens with zero attached hydrogens (tertiary/aromatic N) is 2. The van der Waals surface area contributed by atoms with Crippen LogP contribution in [0.25, 0.3) is 0 Å². The van der Waals surface area contributed by atoms with E-state index >= 15 is 0 Å². The molecule has 2 heterocycles. The summed E-state index contributed by atoms with van der Waals surface area (Å²) in [6, 6.07) is 0.681. The summed E-state index contributed by atoms with van der Waals surface area (Å²) in [5.74, 6) is 0.846. The smallest absolute Gasteiger partial charge is 0.0473 e. The second-order valence-electron chi connectivity index (χ2n) is 6.09. The van der Waals surface area contributed by atoms with Gasteiger partial charge in [-0.25, -0.2) is 0 Å². The Morgan fingerprint density at radius 3 is 2.62 bits per heavy atom. The molecule has 16 heavy (non-hydrogen) atoms. The molecule has 2 N–H and O–H groups in total. The molecule has 2 rings (SSSR count). The maximum atomic E-state index is 6.10. The van der Waals surface area contributed by atoms with Crippen molar-refractivity contribution in [3.05, 3.63) is 0 Å². The highest BCUT2D eigenvalue weighted by molar-refractivity contribution is 5.03. The van der Waals surface area contributed by atoms with E-state index in [4.69, 9.17) is 5.73 Å². The van der Waals surface area contributed by atoms with E-state index in [-0.39, 0.29) is 5.54 Å². The minimum atomic E-state index is 0.267. The fourth-order valence-electron chi connectivity index (χ4n) is 3.52. The zero-order valence-electron chi connectivity index (χ0n) is 11.1. The fraction of sp³-hybridized carbons (Fsp3) is 1.00. The van der Waals surface area contributed by atoms with Crippen LogP contribution in [0, 0.1) is 5.92 Å². The molecule has 0 aromatic carbocycles. The molecule has 0 aromatic rings. The van der Waals surface area contributed by atoms with Gasteiger partial charge >= 0.3 is 0 Å². The Hall–Kier alpha value is -0.120. The zero-order valence-corrected chi connectivity index (χ0v) is 11.1. The molecule has 0 aliphatic carbocycles. The van der Waals surface area contributed by atoms with Crippen LogP contribution < -0.4 is 5.73 Å². The molecule has 0 bridgehead atoms. The first-order valence-electron chi connectivity index (χ1n) is 6.73. The van der Waals surface area contributed by atoms with Gasteiger partial charge in [-0.15, -0.1) is 0 Å². The Balaban J connectivity index is 2.09. The van der Waals surface area contributed by atoms with E-state index in [1.807, 2.05) is 0 Å². The Labute approximate surface area is 100.0 Å². The third-order valence-corrected chi connectivity index (χ3v) is 4.68. The number of piperidine rings is 1. The standard InChI is InChI=1S/C13H27N3/c1-11-5-4-6-16(8-11)13(9-14)7-12(2)15(3)10-13/h11-12H,4-10,14H2,1-3H3. The minimum Gasteiger partial charge on any atom is -0.329 e. The average Bonchev–Trinajstić information content (AvgIpc) is 2.56. The van der Waals surface area contributed by atoms with Crippen molar-refractivity contribution in [1.82, 2.24) is 9.80 Å². The molecule has 0 spiro atoms. The SMILES string of the molecule is CC1CCCN(C2(CN)CC(C)N(C)C2)C1. The number of nitrogens with two attached hydrogens (primary N) is 1. The van der Waals surface area contributed by atoms with Gasteiger partial charge in [0.25, 0.3) is 0 Å². The van der Waals surface area contributed by atoms with Crippen LogP contribution in [0.5, 0.6) is 0 Å².